The summed E-state index contributed by atoms with van der Waals surface area (Å²) in [5.41, 5.74) is 0.423. The minimum atomic E-state index is -1.35. The highest BCUT2D eigenvalue weighted by Gasteiger charge is 2.24. The molecular formula is C15H13F2NO2S. The van der Waals surface area contributed by atoms with E-state index >= 15 is 0 Å². The number of carboxylic acid groups (broad SMARTS) is 1. The molecule has 1 unspecified atom stereocenters. The zero-order valence-corrected chi connectivity index (χ0v) is 11.8. The quantitative estimate of drug-likeness (QED) is 0.892. The van der Waals surface area contributed by atoms with Crippen LogP contribution in [0.2, 0.25) is 0 Å². The monoisotopic (exact) mass is 309 g/mol. The molecule has 21 heavy (non-hydrogen) atoms. The fraction of sp³-hybridized carbons (Fsp3) is 0.267. The van der Waals surface area contributed by atoms with Gasteiger partial charge in [-0.25, -0.2) is 13.6 Å². The Morgan fingerprint density at radius 3 is 2.71 bits per heavy atom. The lowest BCUT2D eigenvalue weighted by molar-refractivity contribution is 0.0696. The molecule has 1 aromatic heterocycles. The Bertz CT molecular complexity index is 676. The molecule has 2 N–H and O–H groups in total. The van der Waals surface area contributed by atoms with Gasteiger partial charge in [-0.3, -0.25) is 0 Å². The maximum absolute atomic E-state index is 14.0. The van der Waals surface area contributed by atoms with Crippen LogP contribution in [0.5, 0.6) is 0 Å². The van der Waals surface area contributed by atoms with Gasteiger partial charge in [0.25, 0.3) is 0 Å². The van der Waals surface area contributed by atoms with E-state index in [-0.39, 0.29) is 11.7 Å². The van der Waals surface area contributed by atoms with Gasteiger partial charge in [-0.1, -0.05) is 0 Å². The lowest BCUT2D eigenvalue weighted by Crippen LogP contribution is -2.17. The summed E-state index contributed by atoms with van der Waals surface area (Å²) in [4.78, 5) is 12.0. The Labute approximate surface area is 124 Å². The zero-order chi connectivity index (χ0) is 15.0. The first-order chi connectivity index (χ1) is 10.1. The number of fused-ring (bicyclic) bond motifs is 1. The van der Waals surface area contributed by atoms with Crippen LogP contribution in [0.3, 0.4) is 0 Å². The fourth-order valence-corrected chi connectivity index (χ4v) is 3.63. The number of anilines is 1. The maximum atomic E-state index is 14.0. The highest BCUT2D eigenvalue weighted by molar-refractivity contribution is 7.10. The van der Waals surface area contributed by atoms with E-state index in [9.17, 15) is 13.6 Å². The van der Waals surface area contributed by atoms with Crippen molar-refractivity contribution in [3.63, 3.8) is 0 Å². The van der Waals surface area contributed by atoms with Crippen LogP contribution in [0.15, 0.2) is 23.6 Å². The van der Waals surface area contributed by atoms with Crippen molar-refractivity contribution in [3.05, 3.63) is 51.2 Å². The number of aromatic carboxylic acids is 1. The first kappa shape index (κ1) is 14.0. The normalized spacial score (nSPS) is 17.3. The largest absolute Gasteiger partial charge is 0.478 e. The predicted octanol–water partition coefficient (Wildman–Crippen LogP) is 4.21. The molecule has 1 aliphatic rings. The van der Waals surface area contributed by atoms with E-state index in [4.69, 9.17) is 5.11 Å². The first-order valence-corrected chi connectivity index (χ1v) is 7.49. The molecule has 0 bridgehead atoms. The molecule has 110 valence electrons. The van der Waals surface area contributed by atoms with Crippen molar-refractivity contribution in [2.75, 3.05) is 5.32 Å². The van der Waals surface area contributed by atoms with Crippen molar-refractivity contribution in [3.8, 4) is 0 Å². The smallest absolute Gasteiger partial charge is 0.335 e. The third-order valence-electron chi connectivity index (χ3n) is 3.66. The zero-order valence-electron chi connectivity index (χ0n) is 11.0. The van der Waals surface area contributed by atoms with Crippen LogP contribution in [-0.4, -0.2) is 11.1 Å². The van der Waals surface area contributed by atoms with Gasteiger partial charge in [0.2, 0.25) is 0 Å². The second kappa shape index (κ2) is 5.44. The SMILES string of the molecule is O=C(O)c1cc(F)c(NC2CCCc3sccc32)c(F)c1. The number of rotatable bonds is 3. The minimum Gasteiger partial charge on any atom is -0.478 e. The van der Waals surface area contributed by atoms with Crippen molar-refractivity contribution in [1.82, 2.24) is 0 Å². The van der Waals surface area contributed by atoms with Gasteiger partial charge < -0.3 is 10.4 Å². The molecule has 0 saturated heterocycles. The third-order valence-corrected chi connectivity index (χ3v) is 4.66. The standard InChI is InChI=1S/C15H13F2NO2S/c16-10-6-8(15(19)20)7-11(17)14(10)18-12-2-1-3-13-9(12)4-5-21-13/h4-7,12,18H,1-3H2,(H,19,20). The van der Waals surface area contributed by atoms with Crippen LogP contribution in [0.25, 0.3) is 0 Å². The number of halogens is 2. The van der Waals surface area contributed by atoms with Gasteiger partial charge in [-0.05, 0) is 48.4 Å². The van der Waals surface area contributed by atoms with Crippen molar-refractivity contribution in [1.29, 1.82) is 0 Å². The van der Waals surface area contributed by atoms with E-state index in [2.05, 4.69) is 5.32 Å². The van der Waals surface area contributed by atoms with Gasteiger partial charge in [-0.15, -0.1) is 11.3 Å². The molecule has 0 saturated carbocycles. The average molecular weight is 309 g/mol. The van der Waals surface area contributed by atoms with E-state index in [1.54, 1.807) is 11.3 Å². The van der Waals surface area contributed by atoms with Crippen molar-refractivity contribution >= 4 is 23.0 Å². The Hall–Kier alpha value is -1.95. The van der Waals surface area contributed by atoms with Crippen LogP contribution >= 0.6 is 11.3 Å². The molecule has 0 radical (unpaired) electrons. The van der Waals surface area contributed by atoms with E-state index < -0.39 is 23.2 Å². The maximum Gasteiger partial charge on any atom is 0.335 e. The Morgan fingerprint density at radius 2 is 2.05 bits per heavy atom. The molecular weight excluding hydrogens is 296 g/mol. The van der Waals surface area contributed by atoms with E-state index in [0.29, 0.717) is 0 Å². The summed E-state index contributed by atoms with van der Waals surface area (Å²) in [6.07, 6.45) is 2.75. The van der Waals surface area contributed by atoms with E-state index in [1.165, 1.54) is 4.88 Å². The Balaban J connectivity index is 1.92. The molecule has 6 heteroatoms. The van der Waals surface area contributed by atoms with Crippen LogP contribution < -0.4 is 5.32 Å². The molecule has 0 spiro atoms. The summed E-state index contributed by atoms with van der Waals surface area (Å²) in [5, 5.41) is 13.7. The van der Waals surface area contributed by atoms with Gasteiger partial charge in [0.1, 0.15) is 17.3 Å². The molecule has 1 aromatic carbocycles. The summed E-state index contributed by atoms with van der Waals surface area (Å²) in [7, 11) is 0. The lowest BCUT2D eigenvalue weighted by atomic mass is 9.93. The first-order valence-electron chi connectivity index (χ1n) is 6.61. The highest BCUT2D eigenvalue weighted by Crippen LogP contribution is 2.36. The third kappa shape index (κ3) is 2.63. The number of nitrogens with one attached hydrogen (secondary N) is 1. The number of benzene rings is 1. The van der Waals surface area contributed by atoms with Gasteiger partial charge >= 0.3 is 5.97 Å². The van der Waals surface area contributed by atoms with Crippen molar-refractivity contribution in [2.45, 2.75) is 25.3 Å². The number of hydrogen-bond acceptors (Lipinski definition) is 3. The predicted molar refractivity (Wildman–Crippen MR) is 76.9 cm³/mol. The summed E-state index contributed by atoms with van der Waals surface area (Å²) in [5.74, 6) is -3.11. The number of thiophene rings is 1. The summed E-state index contributed by atoms with van der Waals surface area (Å²) in [6.45, 7) is 0. The second-order valence-corrected chi connectivity index (χ2v) is 6.01. The summed E-state index contributed by atoms with van der Waals surface area (Å²) >= 11 is 1.65. The number of aryl methyl sites for hydroxylation is 1. The highest BCUT2D eigenvalue weighted by atomic mass is 32.1. The molecule has 1 aliphatic carbocycles. The van der Waals surface area contributed by atoms with Crippen molar-refractivity contribution < 1.29 is 18.7 Å². The van der Waals surface area contributed by atoms with Crippen LogP contribution in [0, 0.1) is 11.6 Å². The van der Waals surface area contributed by atoms with Gasteiger partial charge in [0.15, 0.2) is 0 Å². The molecule has 3 rings (SSSR count). The summed E-state index contributed by atoms with van der Waals surface area (Å²) in [6, 6.07) is 3.51. The molecule has 1 atom stereocenters. The van der Waals surface area contributed by atoms with E-state index in [0.717, 1.165) is 37.0 Å². The molecule has 0 amide bonds. The lowest BCUT2D eigenvalue weighted by Gasteiger charge is -2.25. The summed E-state index contributed by atoms with van der Waals surface area (Å²) < 4.78 is 27.9. The van der Waals surface area contributed by atoms with Gasteiger partial charge in [0.05, 0.1) is 11.6 Å². The fourth-order valence-electron chi connectivity index (χ4n) is 2.65. The Kier molecular flexibility index (Phi) is 3.63. The topological polar surface area (TPSA) is 49.3 Å². The van der Waals surface area contributed by atoms with E-state index in [1.807, 2.05) is 11.4 Å². The number of carbonyl (C=O) groups is 1. The second-order valence-electron chi connectivity index (χ2n) is 5.01. The van der Waals surface area contributed by atoms with Gasteiger partial charge in [-0.2, -0.15) is 0 Å². The molecule has 1 heterocycles. The van der Waals surface area contributed by atoms with Crippen molar-refractivity contribution in [2.24, 2.45) is 0 Å². The van der Waals surface area contributed by atoms with Crippen LogP contribution in [-0.2, 0) is 6.42 Å². The number of hydrogen-bond donors (Lipinski definition) is 2. The molecule has 0 fully saturated rings. The van der Waals surface area contributed by atoms with Gasteiger partial charge in [0, 0.05) is 4.88 Å². The Morgan fingerprint density at radius 1 is 1.33 bits per heavy atom. The molecule has 0 aliphatic heterocycles. The molecule has 3 nitrogen and oxygen atoms in total. The molecule has 2 aromatic rings. The van der Waals surface area contributed by atoms with Crippen LogP contribution in [0.4, 0.5) is 14.5 Å². The van der Waals surface area contributed by atoms with Crippen LogP contribution in [0.1, 0.15) is 39.7 Å². The minimum absolute atomic E-state index is 0.139. The number of carboxylic acids is 1. The average Bonchev–Trinajstić information content (AvgIpc) is 2.91.